The highest BCUT2D eigenvalue weighted by molar-refractivity contribution is 5.95. The van der Waals surface area contributed by atoms with Crippen molar-refractivity contribution in [2.24, 2.45) is 0 Å². The smallest absolute Gasteiger partial charge is 0.305 e. The van der Waals surface area contributed by atoms with Gasteiger partial charge in [0.1, 0.15) is 5.82 Å². The zero-order valence-corrected chi connectivity index (χ0v) is 10.3. The van der Waals surface area contributed by atoms with Gasteiger partial charge in [0.25, 0.3) is 0 Å². The van der Waals surface area contributed by atoms with Gasteiger partial charge in [0.2, 0.25) is 5.91 Å². The lowest BCUT2D eigenvalue weighted by Gasteiger charge is -2.23. The fourth-order valence-electron chi connectivity index (χ4n) is 2.21. The molecule has 1 aromatic rings. The minimum Gasteiger partial charge on any atom is -0.469 e. The van der Waals surface area contributed by atoms with Gasteiger partial charge < -0.3 is 4.74 Å². The Morgan fingerprint density at radius 2 is 2.39 bits per heavy atom. The number of rotatable bonds is 4. The Bertz CT molecular complexity index is 433. The molecule has 0 N–H and O–H groups in total. The van der Waals surface area contributed by atoms with E-state index < -0.39 is 0 Å². The number of hydrogen-bond donors (Lipinski definition) is 0. The molecular weight excluding hydrogens is 232 g/mol. The van der Waals surface area contributed by atoms with Crippen LogP contribution in [0.5, 0.6) is 0 Å². The Hall–Kier alpha value is -1.91. The first-order valence-corrected chi connectivity index (χ1v) is 6.02. The molecule has 1 aromatic heterocycles. The summed E-state index contributed by atoms with van der Waals surface area (Å²) >= 11 is 0. The SMILES string of the molecule is COC(=O)CC[C@H]1CCC(=O)N1c1ccccn1. The summed E-state index contributed by atoms with van der Waals surface area (Å²) in [6.07, 6.45) is 3.90. The van der Waals surface area contributed by atoms with E-state index in [1.54, 1.807) is 11.1 Å². The van der Waals surface area contributed by atoms with Crippen molar-refractivity contribution >= 4 is 17.7 Å². The molecule has 1 fully saturated rings. The van der Waals surface area contributed by atoms with Crippen LogP contribution in [-0.4, -0.2) is 30.0 Å². The number of hydrogen-bond acceptors (Lipinski definition) is 4. The van der Waals surface area contributed by atoms with Crippen LogP contribution in [0.4, 0.5) is 5.82 Å². The van der Waals surface area contributed by atoms with E-state index in [2.05, 4.69) is 9.72 Å². The molecule has 1 aliphatic heterocycles. The Labute approximate surface area is 106 Å². The fourth-order valence-corrected chi connectivity index (χ4v) is 2.21. The third kappa shape index (κ3) is 2.67. The van der Waals surface area contributed by atoms with E-state index >= 15 is 0 Å². The normalized spacial score (nSPS) is 19.1. The van der Waals surface area contributed by atoms with E-state index in [1.165, 1.54) is 7.11 Å². The predicted octanol–water partition coefficient (Wildman–Crippen LogP) is 1.53. The highest BCUT2D eigenvalue weighted by atomic mass is 16.5. The van der Waals surface area contributed by atoms with Crippen molar-refractivity contribution in [3.63, 3.8) is 0 Å². The van der Waals surface area contributed by atoms with Crippen LogP contribution in [0.25, 0.3) is 0 Å². The first kappa shape index (κ1) is 12.5. The molecule has 2 heterocycles. The van der Waals surface area contributed by atoms with E-state index in [9.17, 15) is 9.59 Å². The van der Waals surface area contributed by atoms with Gasteiger partial charge in [-0.15, -0.1) is 0 Å². The minimum atomic E-state index is -0.240. The van der Waals surface area contributed by atoms with Crippen molar-refractivity contribution in [1.29, 1.82) is 0 Å². The summed E-state index contributed by atoms with van der Waals surface area (Å²) < 4.78 is 4.62. The molecular formula is C13H16N2O3. The zero-order chi connectivity index (χ0) is 13.0. The van der Waals surface area contributed by atoms with Crippen molar-refractivity contribution in [3.05, 3.63) is 24.4 Å². The van der Waals surface area contributed by atoms with Crippen molar-refractivity contribution < 1.29 is 14.3 Å². The number of methoxy groups -OCH3 is 1. The molecule has 18 heavy (non-hydrogen) atoms. The molecule has 2 rings (SSSR count). The van der Waals surface area contributed by atoms with Crippen LogP contribution in [0.1, 0.15) is 25.7 Å². The molecule has 5 nitrogen and oxygen atoms in total. The molecule has 96 valence electrons. The summed E-state index contributed by atoms with van der Waals surface area (Å²) in [5, 5.41) is 0. The predicted molar refractivity (Wildman–Crippen MR) is 66.0 cm³/mol. The third-order valence-corrected chi connectivity index (χ3v) is 3.13. The van der Waals surface area contributed by atoms with Gasteiger partial charge in [0, 0.05) is 25.1 Å². The topological polar surface area (TPSA) is 59.5 Å². The van der Waals surface area contributed by atoms with Gasteiger partial charge >= 0.3 is 5.97 Å². The van der Waals surface area contributed by atoms with E-state index in [-0.39, 0.29) is 17.9 Å². The van der Waals surface area contributed by atoms with Gasteiger partial charge in [-0.05, 0) is 25.0 Å². The monoisotopic (exact) mass is 248 g/mol. The van der Waals surface area contributed by atoms with Crippen molar-refractivity contribution in [3.8, 4) is 0 Å². The largest absolute Gasteiger partial charge is 0.469 e. The average molecular weight is 248 g/mol. The Morgan fingerprint density at radius 3 is 3.06 bits per heavy atom. The summed E-state index contributed by atoms with van der Waals surface area (Å²) in [4.78, 5) is 28.9. The first-order valence-electron chi connectivity index (χ1n) is 6.02. The summed E-state index contributed by atoms with van der Waals surface area (Å²) in [7, 11) is 1.37. The number of carbonyl (C=O) groups is 2. The Kier molecular flexibility index (Phi) is 3.92. The second kappa shape index (κ2) is 5.62. The number of anilines is 1. The molecule has 1 aliphatic rings. The first-order chi connectivity index (χ1) is 8.72. The molecule has 0 spiro atoms. The maximum atomic E-state index is 11.9. The van der Waals surface area contributed by atoms with Crippen molar-refractivity contribution in [1.82, 2.24) is 4.98 Å². The number of pyridine rings is 1. The molecule has 0 unspecified atom stereocenters. The standard InChI is InChI=1S/C13H16N2O3/c1-18-13(17)8-6-10-5-7-12(16)15(10)11-4-2-3-9-14-11/h2-4,9-10H,5-8H2,1H3/t10-/m1/s1. The molecule has 0 saturated carbocycles. The number of aromatic nitrogens is 1. The van der Waals surface area contributed by atoms with Gasteiger partial charge in [-0.25, -0.2) is 4.98 Å². The quantitative estimate of drug-likeness (QED) is 0.758. The fraction of sp³-hybridized carbons (Fsp3) is 0.462. The van der Waals surface area contributed by atoms with Crippen LogP contribution in [0.3, 0.4) is 0 Å². The number of nitrogens with zero attached hydrogens (tertiary/aromatic N) is 2. The summed E-state index contributed by atoms with van der Waals surface area (Å²) in [5.74, 6) is 0.494. The maximum absolute atomic E-state index is 11.9. The lowest BCUT2D eigenvalue weighted by molar-refractivity contribution is -0.140. The minimum absolute atomic E-state index is 0.0477. The van der Waals surface area contributed by atoms with Crippen LogP contribution in [0, 0.1) is 0 Å². The molecule has 1 amide bonds. The van der Waals surface area contributed by atoms with Gasteiger partial charge in [0.05, 0.1) is 7.11 Å². The van der Waals surface area contributed by atoms with Gasteiger partial charge in [-0.2, -0.15) is 0 Å². The number of esters is 1. The molecule has 0 aromatic carbocycles. The van der Waals surface area contributed by atoms with Crippen molar-refractivity contribution in [2.75, 3.05) is 12.0 Å². The number of amides is 1. The summed E-state index contributed by atoms with van der Waals surface area (Å²) in [6.45, 7) is 0. The average Bonchev–Trinajstić information content (AvgIpc) is 2.78. The highest BCUT2D eigenvalue weighted by Crippen LogP contribution is 2.27. The van der Waals surface area contributed by atoms with Gasteiger partial charge in [-0.3, -0.25) is 14.5 Å². The summed E-state index contributed by atoms with van der Waals surface area (Å²) in [6, 6.07) is 5.53. The zero-order valence-electron chi connectivity index (χ0n) is 10.3. The molecule has 0 radical (unpaired) electrons. The van der Waals surface area contributed by atoms with Crippen LogP contribution in [-0.2, 0) is 14.3 Å². The molecule has 1 atom stereocenters. The second-order valence-corrected chi connectivity index (χ2v) is 4.26. The lowest BCUT2D eigenvalue weighted by Crippen LogP contribution is -2.34. The van der Waals surface area contributed by atoms with E-state index in [4.69, 9.17) is 0 Å². The van der Waals surface area contributed by atoms with Crippen LogP contribution < -0.4 is 4.90 Å². The Balaban J connectivity index is 2.06. The van der Waals surface area contributed by atoms with E-state index in [0.29, 0.717) is 25.1 Å². The van der Waals surface area contributed by atoms with E-state index in [1.807, 2.05) is 18.2 Å². The number of carbonyl (C=O) groups excluding carboxylic acids is 2. The molecule has 0 bridgehead atoms. The highest BCUT2D eigenvalue weighted by Gasteiger charge is 2.32. The summed E-state index contributed by atoms with van der Waals surface area (Å²) in [5.41, 5.74) is 0. The van der Waals surface area contributed by atoms with Crippen LogP contribution in [0.2, 0.25) is 0 Å². The molecule has 5 heteroatoms. The molecule has 1 saturated heterocycles. The maximum Gasteiger partial charge on any atom is 0.305 e. The number of ether oxygens (including phenoxy) is 1. The third-order valence-electron chi connectivity index (χ3n) is 3.13. The molecule has 0 aliphatic carbocycles. The Morgan fingerprint density at radius 1 is 1.56 bits per heavy atom. The van der Waals surface area contributed by atoms with E-state index in [0.717, 1.165) is 6.42 Å². The lowest BCUT2D eigenvalue weighted by atomic mass is 10.1. The van der Waals surface area contributed by atoms with Crippen LogP contribution >= 0.6 is 0 Å². The second-order valence-electron chi connectivity index (χ2n) is 4.26. The van der Waals surface area contributed by atoms with Gasteiger partial charge in [0.15, 0.2) is 0 Å². The van der Waals surface area contributed by atoms with Crippen LogP contribution in [0.15, 0.2) is 24.4 Å². The van der Waals surface area contributed by atoms with Crippen molar-refractivity contribution in [2.45, 2.75) is 31.7 Å². The van der Waals surface area contributed by atoms with Gasteiger partial charge in [-0.1, -0.05) is 6.07 Å².